The van der Waals surface area contributed by atoms with Crippen LogP contribution in [-0.4, -0.2) is 39.5 Å². The van der Waals surface area contributed by atoms with Crippen LogP contribution in [0.1, 0.15) is 45.7 Å². The van der Waals surface area contributed by atoms with Crippen molar-refractivity contribution in [2.75, 3.05) is 6.61 Å². The maximum Gasteiger partial charge on any atom is 0.338 e. The topological polar surface area (TPSA) is 114 Å². The summed E-state index contributed by atoms with van der Waals surface area (Å²) >= 11 is 1.35. The molecule has 0 aromatic heterocycles. The highest BCUT2D eigenvalue weighted by Crippen LogP contribution is 2.45. The first kappa shape index (κ1) is 22.5. The lowest BCUT2D eigenvalue weighted by molar-refractivity contribution is -0.384. The summed E-state index contributed by atoms with van der Waals surface area (Å²) in [5.41, 5.74) is 1.89. The summed E-state index contributed by atoms with van der Waals surface area (Å²) in [5.74, 6) is -0.702. The van der Waals surface area contributed by atoms with E-state index < -0.39 is 16.9 Å². The molecule has 1 aromatic carbocycles. The summed E-state index contributed by atoms with van der Waals surface area (Å²) < 4.78 is 5.27. The van der Waals surface area contributed by atoms with E-state index in [-0.39, 0.29) is 30.7 Å². The van der Waals surface area contributed by atoms with Gasteiger partial charge < -0.3 is 15.0 Å². The van der Waals surface area contributed by atoms with E-state index in [9.17, 15) is 19.7 Å². The normalized spacial score (nSPS) is 17.8. The van der Waals surface area contributed by atoms with Crippen molar-refractivity contribution in [3.8, 4) is 0 Å². The Bertz CT molecular complexity index is 1010. The summed E-state index contributed by atoms with van der Waals surface area (Å²) in [6, 6.07) is 5.43. The molecule has 0 radical (unpaired) electrons. The van der Waals surface area contributed by atoms with E-state index in [4.69, 9.17) is 4.74 Å². The highest BCUT2D eigenvalue weighted by Gasteiger charge is 2.41. The molecule has 31 heavy (non-hydrogen) atoms. The van der Waals surface area contributed by atoms with Crippen molar-refractivity contribution in [3.63, 3.8) is 0 Å². The molecule has 10 heteroatoms. The van der Waals surface area contributed by atoms with Crippen LogP contribution in [0.2, 0.25) is 0 Å². The van der Waals surface area contributed by atoms with Gasteiger partial charge in [0.15, 0.2) is 5.17 Å². The summed E-state index contributed by atoms with van der Waals surface area (Å²) in [6.07, 6.45) is 0.0881. The standard InChI is InChI=1S/C21H24N4O5S/c1-5-30-20(27)18-13(4)23-21-24(16(11-31-21)10-17(26)22-12(2)3)19(18)14-7-6-8-15(9-14)25(28)29/h6-9,11-12,19H,5,10H2,1-4H3,(H,22,26)/t19-/m1/s1. The third kappa shape index (κ3) is 4.79. The van der Waals surface area contributed by atoms with Crippen LogP contribution in [0, 0.1) is 10.1 Å². The molecule has 3 rings (SSSR count). The number of carbonyl (C=O) groups is 2. The van der Waals surface area contributed by atoms with Crippen molar-refractivity contribution in [1.29, 1.82) is 0 Å². The number of benzene rings is 1. The molecule has 0 bridgehead atoms. The molecule has 2 aliphatic heterocycles. The molecule has 1 aromatic rings. The quantitative estimate of drug-likeness (QED) is 0.388. The average molecular weight is 445 g/mol. The zero-order chi connectivity index (χ0) is 22.7. The van der Waals surface area contributed by atoms with E-state index >= 15 is 0 Å². The van der Waals surface area contributed by atoms with Crippen molar-refractivity contribution in [2.45, 2.75) is 46.2 Å². The minimum atomic E-state index is -0.695. The summed E-state index contributed by atoms with van der Waals surface area (Å²) in [4.78, 5) is 42.5. The molecular weight excluding hydrogens is 420 g/mol. The monoisotopic (exact) mass is 444 g/mol. The van der Waals surface area contributed by atoms with Crippen LogP contribution in [0.25, 0.3) is 0 Å². The Morgan fingerprint density at radius 1 is 1.39 bits per heavy atom. The first-order valence-corrected chi connectivity index (χ1v) is 10.8. The number of aliphatic imine (C=N–C) groups is 1. The lowest BCUT2D eigenvalue weighted by atomic mass is 9.93. The zero-order valence-corrected chi connectivity index (χ0v) is 18.6. The number of nitrogens with zero attached hydrogens (tertiary/aromatic N) is 3. The fourth-order valence-electron chi connectivity index (χ4n) is 3.50. The SMILES string of the molecule is CCOC(=O)C1=C(C)N=C2SC=C(CC(=O)NC(C)C)N2[C@@H]1c1cccc([N+](=O)[O-])c1. The molecule has 0 saturated heterocycles. The molecule has 9 nitrogen and oxygen atoms in total. The van der Waals surface area contributed by atoms with Gasteiger partial charge in [0.05, 0.1) is 35.3 Å². The van der Waals surface area contributed by atoms with Crippen LogP contribution in [0.3, 0.4) is 0 Å². The van der Waals surface area contributed by atoms with Crippen LogP contribution in [-0.2, 0) is 14.3 Å². The number of hydrogen-bond donors (Lipinski definition) is 1. The number of allylic oxidation sites excluding steroid dienone is 1. The fraction of sp³-hybridized carbons (Fsp3) is 0.381. The van der Waals surface area contributed by atoms with E-state index in [1.165, 1.54) is 23.9 Å². The van der Waals surface area contributed by atoms with Crippen molar-refractivity contribution < 1.29 is 19.2 Å². The number of nitro groups is 1. The van der Waals surface area contributed by atoms with E-state index in [1.54, 1.807) is 30.9 Å². The lowest BCUT2D eigenvalue weighted by Crippen LogP contribution is -2.38. The molecule has 0 saturated carbocycles. The number of non-ortho nitro benzene ring substituents is 1. The molecular formula is C21H24N4O5S. The second-order valence-electron chi connectivity index (χ2n) is 7.36. The molecule has 0 aliphatic carbocycles. The number of fused-ring (bicyclic) bond motifs is 1. The van der Waals surface area contributed by atoms with Crippen molar-refractivity contribution in [1.82, 2.24) is 10.2 Å². The number of nitro benzene ring substituents is 1. The zero-order valence-electron chi connectivity index (χ0n) is 17.7. The number of rotatable bonds is 7. The Morgan fingerprint density at radius 3 is 2.77 bits per heavy atom. The maximum absolute atomic E-state index is 12.9. The maximum atomic E-state index is 12.9. The number of ether oxygens (including phenoxy) is 1. The third-order valence-electron chi connectivity index (χ3n) is 4.68. The van der Waals surface area contributed by atoms with E-state index in [1.807, 2.05) is 19.3 Å². The first-order valence-electron chi connectivity index (χ1n) is 9.88. The van der Waals surface area contributed by atoms with Crippen LogP contribution < -0.4 is 5.32 Å². The average Bonchev–Trinajstić information content (AvgIpc) is 3.08. The third-order valence-corrected chi connectivity index (χ3v) is 5.57. The first-order chi connectivity index (χ1) is 14.7. The molecule has 1 amide bonds. The van der Waals surface area contributed by atoms with Gasteiger partial charge in [-0.25, -0.2) is 9.79 Å². The van der Waals surface area contributed by atoms with E-state index in [0.717, 1.165) is 0 Å². The van der Waals surface area contributed by atoms with Crippen molar-refractivity contribution in [2.24, 2.45) is 4.99 Å². The van der Waals surface area contributed by atoms with E-state index in [2.05, 4.69) is 10.3 Å². The van der Waals surface area contributed by atoms with Gasteiger partial charge in [0.25, 0.3) is 5.69 Å². The molecule has 0 unspecified atom stereocenters. The number of nitrogens with one attached hydrogen (secondary N) is 1. The summed E-state index contributed by atoms with van der Waals surface area (Å²) in [7, 11) is 0. The van der Waals surface area contributed by atoms with Gasteiger partial charge >= 0.3 is 5.97 Å². The molecule has 0 spiro atoms. The van der Waals surface area contributed by atoms with Gasteiger partial charge in [-0.05, 0) is 38.7 Å². The van der Waals surface area contributed by atoms with Crippen LogP contribution in [0.15, 0.2) is 51.6 Å². The number of carbonyl (C=O) groups excluding carboxylic acids is 2. The molecule has 1 atom stereocenters. The van der Waals surface area contributed by atoms with Crippen LogP contribution in [0.4, 0.5) is 5.69 Å². The summed E-state index contributed by atoms with van der Waals surface area (Å²) in [6.45, 7) is 7.36. The van der Waals surface area contributed by atoms with Crippen LogP contribution >= 0.6 is 11.8 Å². The van der Waals surface area contributed by atoms with Gasteiger partial charge in [-0.1, -0.05) is 23.9 Å². The van der Waals surface area contributed by atoms with Crippen LogP contribution in [0.5, 0.6) is 0 Å². The Labute approximate surface area is 184 Å². The van der Waals surface area contributed by atoms with Gasteiger partial charge in [-0.15, -0.1) is 0 Å². The van der Waals surface area contributed by atoms with Crippen molar-refractivity contribution >= 4 is 34.5 Å². The van der Waals surface area contributed by atoms with Crippen molar-refractivity contribution in [3.05, 3.63) is 62.3 Å². The highest BCUT2D eigenvalue weighted by molar-refractivity contribution is 8.16. The molecule has 1 N–H and O–H groups in total. The van der Waals surface area contributed by atoms with E-state index in [0.29, 0.717) is 27.7 Å². The number of amides is 1. The largest absolute Gasteiger partial charge is 0.463 e. The second kappa shape index (κ2) is 9.34. The highest BCUT2D eigenvalue weighted by atomic mass is 32.2. The molecule has 2 aliphatic rings. The van der Waals surface area contributed by atoms with Gasteiger partial charge in [0.2, 0.25) is 5.91 Å². The Kier molecular flexibility index (Phi) is 6.79. The van der Waals surface area contributed by atoms with Gasteiger partial charge in [0, 0.05) is 23.9 Å². The van der Waals surface area contributed by atoms with Gasteiger partial charge in [-0.3, -0.25) is 14.9 Å². The van der Waals surface area contributed by atoms with Gasteiger partial charge in [0.1, 0.15) is 0 Å². The lowest BCUT2D eigenvalue weighted by Gasteiger charge is -2.36. The Morgan fingerprint density at radius 2 is 2.13 bits per heavy atom. The minimum Gasteiger partial charge on any atom is -0.463 e. The predicted molar refractivity (Wildman–Crippen MR) is 118 cm³/mol. The fourth-order valence-corrected chi connectivity index (χ4v) is 4.47. The van der Waals surface area contributed by atoms with Gasteiger partial charge in [-0.2, -0.15) is 0 Å². The second-order valence-corrected chi connectivity index (χ2v) is 8.20. The minimum absolute atomic E-state index is 0.0125. The Hall–Kier alpha value is -3.14. The molecule has 0 fully saturated rings. The number of thioether (sulfide) groups is 1. The number of esters is 1. The number of hydrogen-bond acceptors (Lipinski definition) is 8. The Balaban J connectivity index is 2.08. The molecule has 164 valence electrons. The smallest absolute Gasteiger partial charge is 0.338 e. The predicted octanol–water partition coefficient (Wildman–Crippen LogP) is 3.65. The summed E-state index contributed by atoms with van der Waals surface area (Å²) in [5, 5.41) is 16.6. The molecule has 2 heterocycles. The number of amidine groups is 1.